The largest absolute Gasteiger partial charge is 0.373 e. The second-order valence-electron chi connectivity index (χ2n) is 5.83. The van der Waals surface area contributed by atoms with E-state index in [2.05, 4.69) is 15.3 Å². The molecule has 1 atom stereocenters. The Morgan fingerprint density at radius 2 is 2.30 bits per heavy atom. The number of hydrogen-bond acceptors (Lipinski definition) is 4. The lowest BCUT2D eigenvalue weighted by Gasteiger charge is -2.25. The van der Waals surface area contributed by atoms with Crippen molar-refractivity contribution in [3.05, 3.63) is 54.0 Å². The van der Waals surface area contributed by atoms with Gasteiger partial charge in [0.2, 0.25) is 5.91 Å². The molecule has 1 amide bonds. The quantitative estimate of drug-likeness (QED) is 0.922. The predicted molar refractivity (Wildman–Crippen MR) is 90.0 cm³/mol. The average molecular weight is 310 g/mol. The summed E-state index contributed by atoms with van der Waals surface area (Å²) >= 11 is 0. The van der Waals surface area contributed by atoms with E-state index in [0.717, 1.165) is 42.8 Å². The van der Waals surface area contributed by atoms with Crippen molar-refractivity contribution in [2.24, 2.45) is 0 Å². The van der Waals surface area contributed by atoms with Crippen molar-refractivity contribution >= 4 is 11.7 Å². The Morgan fingerprint density at radius 3 is 3.09 bits per heavy atom. The maximum absolute atomic E-state index is 12.6. The molecule has 23 heavy (non-hydrogen) atoms. The molecule has 3 heterocycles. The van der Waals surface area contributed by atoms with Crippen molar-refractivity contribution in [3.8, 4) is 0 Å². The van der Waals surface area contributed by atoms with Gasteiger partial charge >= 0.3 is 0 Å². The van der Waals surface area contributed by atoms with E-state index in [-0.39, 0.29) is 11.9 Å². The highest BCUT2D eigenvalue weighted by atomic mass is 16.2. The zero-order valence-electron chi connectivity index (χ0n) is 13.4. The van der Waals surface area contributed by atoms with Crippen molar-refractivity contribution in [1.82, 2.24) is 14.9 Å². The normalized spacial score (nSPS) is 17.3. The van der Waals surface area contributed by atoms with Crippen LogP contribution in [0.2, 0.25) is 0 Å². The highest BCUT2D eigenvalue weighted by molar-refractivity contribution is 5.77. The summed E-state index contributed by atoms with van der Waals surface area (Å²) in [6.07, 6.45) is 8.74. The lowest BCUT2D eigenvalue weighted by atomic mass is 10.0. The van der Waals surface area contributed by atoms with Gasteiger partial charge in [0.15, 0.2) is 0 Å². The average Bonchev–Trinajstić information content (AvgIpc) is 3.10. The second-order valence-corrected chi connectivity index (χ2v) is 5.83. The van der Waals surface area contributed by atoms with Crippen molar-refractivity contribution in [2.45, 2.75) is 31.7 Å². The molecule has 2 aromatic heterocycles. The fourth-order valence-electron chi connectivity index (χ4n) is 3.14. The topological polar surface area (TPSA) is 58.1 Å². The Kier molecular flexibility index (Phi) is 4.86. The molecule has 0 spiro atoms. The number of aromatic nitrogens is 2. The number of nitrogens with one attached hydrogen (secondary N) is 1. The monoisotopic (exact) mass is 310 g/mol. The van der Waals surface area contributed by atoms with E-state index in [4.69, 9.17) is 0 Å². The molecular weight excluding hydrogens is 288 g/mol. The van der Waals surface area contributed by atoms with Crippen LogP contribution in [0.4, 0.5) is 5.82 Å². The molecule has 1 fully saturated rings. The molecule has 1 saturated heterocycles. The van der Waals surface area contributed by atoms with Crippen LogP contribution in [0.25, 0.3) is 0 Å². The molecule has 2 aromatic rings. The molecule has 0 saturated carbocycles. The molecule has 0 unspecified atom stereocenters. The van der Waals surface area contributed by atoms with Crippen molar-refractivity contribution < 1.29 is 4.79 Å². The lowest BCUT2D eigenvalue weighted by molar-refractivity contribution is -0.132. The van der Waals surface area contributed by atoms with E-state index in [9.17, 15) is 4.79 Å². The fourth-order valence-corrected chi connectivity index (χ4v) is 3.14. The van der Waals surface area contributed by atoms with Gasteiger partial charge in [-0.1, -0.05) is 6.07 Å². The van der Waals surface area contributed by atoms with Crippen LogP contribution in [-0.2, 0) is 11.2 Å². The minimum atomic E-state index is 0.173. The molecule has 1 aliphatic heterocycles. The van der Waals surface area contributed by atoms with Crippen LogP contribution in [0.3, 0.4) is 0 Å². The predicted octanol–water partition coefficient (Wildman–Crippen LogP) is 2.81. The number of pyridine rings is 2. The number of aryl methyl sites for hydroxylation is 1. The smallest absolute Gasteiger partial charge is 0.223 e. The Balaban J connectivity index is 1.67. The number of rotatable bonds is 5. The fraction of sp³-hybridized carbons (Fsp3) is 0.389. The van der Waals surface area contributed by atoms with Gasteiger partial charge in [0.1, 0.15) is 5.82 Å². The summed E-state index contributed by atoms with van der Waals surface area (Å²) in [5, 5.41) is 3.06. The summed E-state index contributed by atoms with van der Waals surface area (Å²) in [7, 11) is 1.86. The first kappa shape index (κ1) is 15.5. The molecule has 0 radical (unpaired) electrons. The van der Waals surface area contributed by atoms with Gasteiger partial charge in [-0.25, -0.2) is 4.98 Å². The Morgan fingerprint density at radius 1 is 1.39 bits per heavy atom. The molecular formula is C18H22N4O. The third-order valence-corrected chi connectivity index (χ3v) is 4.35. The zero-order valence-corrected chi connectivity index (χ0v) is 13.4. The standard InChI is InChI=1S/C18H22N4O/c1-19-17-12-15(8-10-21-17)16-5-3-11-22(16)18(23)7-6-14-4-2-9-20-13-14/h2,4,8-10,12-13,16H,3,5-7,11H2,1H3,(H,19,21)/t16-/m1/s1. The number of carbonyl (C=O) groups is 1. The van der Waals surface area contributed by atoms with Gasteiger partial charge in [0.25, 0.3) is 0 Å². The van der Waals surface area contributed by atoms with E-state index in [1.165, 1.54) is 0 Å². The summed E-state index contributed by atoms with van der Waals surface area (Å²) in [6.45, 7) is 0.841. The highest BCUT2D eigenvalue weighted by Crippen LogP contribution is 2.33. The minimum Gasteiger partial charge on any atom is -0.373 e. The van der Waals surface area contributed by atoms with Gasteiger partial charge in [0.05, 0.1) is 6.04 Å². The molecule has 0 aliphatic carbocycles. The maximum Gasteiger partial charge on any atom is 0.223 e. The molecule has 1 aliphatic rings. The van der Waals surface area contributed by atoms with Crippen LogP contribution in [0.1, 0.15) is 36.4 Å². The minimum absolute atomic E-state index is 0.173. The molecule has 3 rings (SSSR count). The Bertz CT molecular complexity index is 659. The summed E-state index contributed by atoms with van der Waals surface area (Å²) in [6, 6.07) is 8.15. The van der Waals surface area contributed by atoms with Gasteiger partial charge in [0, 0.05) is 38.6 Å². The van der Waals surface area contributed by atoms with E-state index in [1.807, 2.05) is 42.4 Å². The van der Waals surface area contributed by atoms with Crippen molar-refractivity contribution in [2.75, 3.05) is 18.9 Å². The van der Waals surface area contributed by atoms with E-state index in [0.29, 0.717) is 6.42 Å². The number of likely N-dealkylation sites (tertiary alicyclic amines) is 1. The molecule has 120 valence electrons. The van der Waals surface area contributed by atoms with E-state index in [1.54, 1.807) is 12.4 Å². The van der Waals surface area contributed by atoms with Gasteiger partial charge in [-0.15, -0.1) is 0 Å². The summed E-state index contributed by atoms with van der Waals surface area (Å²) < 4.78 is 0. The summed E-state index contributed by atoms with van der Waals surface area (Å²) in [5.41, 5.74) is 2.27. The second kappa shape index (κ2) is 7.22. The first-order valence-corrected chi connectivity index (χ1v) is 8.10. The third-order valence-electron chi connectivity index (χ3n) is 4.35. The molecule has 0 bridgehead atoms. The molecule has 5 heteroatoms. The third kappa shape index (κ3) is 3.67. The lowest BCUT2D eigenvalue weighted by Crippen LogP contribution is -2.30. The number of amides is 1. The van der Waals surface area contributed by atoms with Gasteiger partial charge < -0.3 is 10.2 Å². The van der Waals surface area contributed by atoms with Crippen LogP contribution >= 0.6 is 0 Å². The Hall–Kier alpha value is -2.43. The van der Waals surface area contributed by atoms with Crippen molar-refractivity contribution in [1.29, 1.82) is 0 Å². The first-order chi connectivity index (χ1) is 11.3. The van der Waals surface area contributed by atoms with Crippen LogP contribution in [-0.4, -0.2) is 34.4 Å². The van der Waals surface area contributed by atoms with E-state index >= 15 is 0 Å². The SMILES string of the molecule is CNc1cc([C@H]2CCCN2C(=O)CCc2cccnc2)ccn1. The van der Waals surface area contributed by atoms with Crippen LogP contribution in [0, 0.1) is 0 Å². The number of hydrogen-bond donors (Lipinski definition) is 1. The van der Waals surface area contributed by atoms with Crippen LogP contribution in [0.5, 0.6) is 0 Å². The highest BCUT2D eigenvalue weighted by Gasteiger charge is 2.29. The van der Waals surface area contributed by atoms with Gasteiger partial charge in [-0.2, -0.15) is 0 Å². The Labute approximate surface area is 136 Å². The van der Waals surface area contributed by atoms with Gasteiger partial charge in [-0.3, -0.25) is 9.78 Å². The van der Waals surface area contributed by atoms with Crippen LogP contribution in [0.15, 0.2) is 42.9 Å². The zero-order chi connectivity index (χ0) is 16.1. The summed E-state index contributed by atoms with van der Waals surface area (Å²) in [4.78, 5) is 23.0. The maximum atomic E-state index is 12.6. The number of nitrogens with zero attached hydrogens (tertiary/aromatic N) is 3. The van der Waals surface area contributed by atoms with Crippen LogP contribution < -0.4 is 5.32 Å². The number of carbonyl (C=O) groups excluding carboxylic acids is 1. The summed E-state index contributed by atoms with van der Waals surface area (Å²) in [5.74, 6) is 1.07. The molecule has 5 nitrogen and oxygen atoms in total. The van der Waals surface area contributed by atoms with Crippen molar-refractivity contribution in [3.63, 3.8) is 0 Å². The number of anilines is 1. The first-order valence-electron chi connectivity index (χ1n) is 8.10. The van der Waals surface area contributed by atoms with Gasteiger partial charge in [-0.05, 0) is 48.6 Å². The molecule has 1 N–H and O–H groups in total. The van der Waals surface area contributed by atoms with E-state index < -0.39 is 0 Å². The molecule has 0 aromatic carbocycles.